The second-order valence-electron chi connectivity index (χ2n) is 3.11. The molecule has 1 rings (SSSR count). The molecule has 14 heavy (non-hydrogen) atoms. The highest BCUT2D eigenvalue weighted by molar-refractivity contribution is 5.78. The van der Waals surface area contributed by atoms with E-state index in [1.807, 2.05) is 0 Å². The van der Waals surface area contributed by atoms with Gasteiger partial charge in [0.15, 0.2) is 0 Å². The average Bonchev–Trinajstić information content (AvgIpc) is 2.19. The van der Waals surface area contributed by atoms with Gasteiger partial charge in [0, 0.05) is 0 Å². The minimum Gasteiger partial charge on any atom is -0.440 e. The van der Waals surface area contributed by atoms with Crippen LogP contribution in [0, 0.1) is 10.9 Å². The molecule has 1 aliphatic heterocycles. The van der Waals surface area contributed by atoms with Crippen LogP contribution in [-0.2, 0) is 19.0 Å². The lowest BCUT2D eigenvalue weighted by Gasteiger charge is -2.29. The van der Waals surface area contributed by atoms with Crippen LogP contribution in [0.1, 0.15) is 6.92 Å². The predicted octanol–water partition coefficient (Wildman–Crippen LogP) is 0.691. The number of ether oxygens (including phenoxy) is 3. The SMILES string of the molecule is CC1(C(=O)OCN=N)COC(=O)OC1. The summed E-state index contributed by atoms with van der Waals surface area (Å²) in [5, 5.41) is 2.87. The Labute approximate surface area is 79.8 Å². The number of rotatable bonds is 3. The van der Waals surface area contributed by atoms with Crippen molar-refractivity contribution in [3.8, 4) is 0 Å². The van der Waals surface area contributed by atoms with Gasteiger partial charge in [0.2, 0.25) is 6.73 Å². The highest BCUT2D eigenvalue weighted by Crippen LogP contribution is 2.23. The zero-order valence-corrected chi connectivity index (χ0v) is 7.61. The monoisotopic (exact) mass is 202 g/mol. The van der Waals surface area contributed by atoms with Crippen LogP contribution in [0.4, 0.5) is 4.79 Å². The first-order valence-corrected chi connectivity index (χ1v) is 3.88. The smallest absolute Gasteiger partial charge is 0.440 e. The van der Waals surface area contributed by atoms with E-state index >= 15 is 0 Å². The summed E-state index contributed by atoms with van der Waals surface area (Å²) in [6.45, 7) is 1.05. The second-order valence-corrected chi connectivity index (χ2v) is 3.11. The number of carbonyl (C=O) groups is 2. The minimum atomic E-state index is -1.00. The summed E-state index contributed by atoms with van der Waals surface area (Å²) in [6.07, 6.45) is -0.791. The van der Waals surface area contributed by atoms with E-state index in [9.17, 15) is 9.59 Å². The van der Waals surface area contributed by atoms with Crippen molar-refractivity contribution < 1.29 is 23.8 Å². The van der Waals surface area contributed by atoms with E-state index in [4.69, 9.17) is 5.53 Å². The van der Waals surface area contributed by atoms with Gasteiger partial charge in [0.25, 0.3) is 0 Å². The second kappa shape index (κ2) is 4.03. The van der Waals surface area contributed by atoms with Gasteiger partial charge >= 0.3 is 12.1 Å². The Morgan fingerprint density at radius 1 is 1.64 bits per heavy atom. The van der Waals surface area contributed by atoms with Crippen LogP contribution >= 0.6 is 0 Å². The van der Waals surface area contributed by atoms with Gasteiger partial charge in [-0.05, 0) is 6.92 Å². The number of esters is 1. The van der Waals surface area contributed by atoms with Crippen molar-refractivity contribution in [3.05, 3.63) is 0 Å². The normalized spacial score (nSPS) is 19.1. The van der Waals surface area contributed by atoms with Crippen molar-refractivity contribution in [3.63, 3.8) is 0 Å². The summed E-state index contributed by atoms with van der Waals surface area (Å²) < 4.78 is 13.7. The number of nitrogens with zero attached hydrogens (tertiary/aromatic N) is 1. The fourth-order valence-electron chi connectivity index (χ4n) is 0.903. The summed E-state index contributed by atoms with van der Waals surface area (Å²) in [4.78, 5) is 21.9. The van der Waals surface area contributed by atoms with Gasteiger partial charge in [-0.1, -0.05) is 0 Å². The Kier molecular flexibility index (Phi) is 3.00. The molecular formula is C7H10N2O5. The Morgan fingerprint density at radius 3 is 2.71 bits per heavy atom. The number of hydrogen-bond acceptors (Lipinski definition) is 7. The first-order valence-electron chi connectivity index (χ1n) is 3.88. The van der Waals surface area contributed by atoms with Gasteiger partial charge in [-0.2, -0.15) is 5.11 Å². The van der Waals surface area contributed by atoms with Crippen LogP contribution in [0.3, 0.4) is 0 Å². The molecule has 0 atom stereocenters. The van der Waals surface area contributed by atoms with Gasteiger partial charge in [-0.25, -0.2) is 10.3 Å². The van der Waals surface area contributed by atoms with Gasteiger partial charge in [-0.15, -0.1) is 0 Å². The number of carbonyl (C=O) groups excluding carboxylic acids is 2. The molecule has 0 radical (unpaired) electrons. The van der Waals surface area contributed by atoms with Crippen LogP contribution in [0.2, 0.25) is 0 Å². The van der Waals surface area contributed by atoms with Crippen molar-refractivity contribution in [1.82, 2.24) is 0 Å². The molecule has 0 saturated carbocycles. The first-order chi connectivity index (χ1) is 6.58. The van der Waals surface area contributed by atoms with Gasteiger partial charge in [0.05, 0.1) is 0 Å². The predicted molar refractivity (Wildman–Crippen MR) is 41.5 cm³/mol. The maximum atomic E-state index is 11.3. The molecule has 0 bridgehead atoms. The zero-order valence-electron chi connectivity index (χ0n) is 7.61. The van der Waals surface area contributed by atoms with Crippen molar-refractivity contribution in [2.75, 3.05) is 19.9 Å². The molecule has 7 heteroatoms. The fraction of sp³-hybridized carbons (Fsp3) is 0.714. The lowest BCUT2D eigenvalue weighted by Crippen LogP contribution is -2.44. The van der Waals surface area contributed by atoms with Gasteiger partial charge < -0.3 is 14.2 Å². The maximum absolute atomic E-state index is 11.3. The van der Waals surface area contributed by atoms with Crippen molar-refractivity contribution >= 4 is 12.1 Å². The van der Waals surface area contributed by atoms with Crippen LogP contribution in [0.15, 0.2) is 5.11 Å². The third kappa shape index (κ3) is 2.18. The largest absolute Gasteiger partial charge is 0.508 e. The quantitative estimate of drug-likeness (QED) is 0.536. The highest BCUT2D eigenvalue weighted by Gasteiger charge is 2.41. The molecule has 0 unspecified atom stereocenters. The average molecular weight is 202 g/mol. The molecule has 0 aromatic carbocycles. The molecule has 78 valence electrons. The Hall–Kier alpha value is -1.66. The summed E-state index contributed by atoms with van der Waals surface area (Å²) >= 11 is 0. The van der Waals surface area contributed by atoms with Crippen molar-refractivity contribution in [2.45, 2.75) is 6.92 Å². The summed E-state index contributed by atoms with van der Waals surface area (Å²) in [7, 11) is 0. The third-order valence-electron chi connectivity index (χ3n) is 1.77. The van der Waals surface area contributed by atoms with Gasteiger partial charge in [0.1, 0.15) is 18.6 Å². The number of cyclic esters (lactones) is 2. The van der Waals surface area contributed by atoms with Crippen LogP contribution < -0.4 is 0 Å². The molecule has 1 saturated heterocycles. The Bertz CT molecular complexity index is 255. The molecule has 0 aliphatic carbocycles. The van der Waals surface area contributed by atoms with E-state index in [-0.39, 0.29) is 19.9 Å². The molecule has 1 fully saturated rings. The molecule has 0 spiro atoms. The topological polar surface area (TPSA) is 98.0 Å². The molecule has 7 nitrogen and oxygen atoms in total. The number of nitrogens with one attached hydrogen (secondary N) is 1. The Morgan fingerprint density at radius 2 is 2.21 bits per heavy atom. The van der Waals surface area contributed by atoms with Crippen molar-refractivity contribution in [1.29, 1.82) is 5.53 Å². The van der Waals surface area contributed by atoms with Crippen LogP contribution in [0.25, 0.3) is 0 Å². The number of hydrogen-bond donors (Lipinski definition) is 1. The molecule has 0 amide bonds. The minimum absolute atomic E-state index is 0.0807. The van der Waals surface area contributed by atoms with E-state index in [1.54, 1.807) is 6.92 Å². The Balaban J connectivity index is 2.52. The van der Waals surface area contributed by atoms with E-state index in [0.29, 0.717) is 0 Å². The maximum Gasteiger partial charge on any atom is 0.508 e. The zero-order chi connectivity index (χ0) is 10.6. The highest BCUT2D eigenvalue weighted by atomic mass is 16.7. The summed E-state index contributed by atoms with van der Waals surface area (Å²) in [5.41, 5.74) is 5.44. The fourth-order valence-corrected chi connectivity index (χ4v) is 0.903. The molecule has 0 aromatic heterocycles. The lowest BCUT2D eigenvalue weighted by atomic mass is 9.93. The standard InChI is InChI=1S/C7H10N2O5/c1-7(5(10)14-4-9-8)2-12-6(11)13-3-7/h8H,2-4H2,1H3. The van der Waals surface area contributed by atoms with E-state index in [0.717, 1.165) is 0 Å². The third-order valence-corrected chi connectivity index (χ3v) is 1.77. The van der Waals surface area contributed by atoms with E-state index in [1.165, 1.54) is 0 Å². The van der Waals surface area contributed by atoms with E-state index in [2.05, 4.69) is 19.3 Å². The molecule has 0 aromatic rings. The summed E-state index contributed by atoms with van der Waals surface area (Å²) in [6, 6.07) is 0. The molecule has 1 aliphatic rings. The van der Waals surface area contributed by atoms with Gasteiger partial charge in [-0.3, -0.25) is 4.79 Å². The molecule has 1 N–H and O–H groups in total. The van der Waals surface area contributed by atoms with Crippen LogP contribution in [-0.4, -0.2) is 32.1 Å². The van der Waals surface area contributed by atoms with E-state index < -0.39 is 17.5 Å². The van der Waals surface area contributed by atoms with Crippen LogP contribution in [0.5, 0.6) is 0 Å². The molecule has 1 heterocycles. The molecular weight excluding hydrogens is 192 g/mol. The van der Waals surface area contributed by atoms with Crippen molar-refractivity contribution in [2.24, 2.45) is 10.5 Å². The summed E-state index contributed by atoms with van der Waals surface area (Å²) in [5.74, 6) is -0.596. The lowest BCUT2D eigenvalue weighted by molar-refractivity contribution is -0.165. The first kappa shape index (κ1) is 10.4.